The molecule has 7 heteroatoms. The molecule has 0 spiro atoms. The molecule has 22 heavy (non-hydrogen) atoms. The summed E-state index contributed by atoms with van der Waals surface area (Å²) in [6, 6.07) is 1.18. The molecule has 1 atom stereocenters. The average Bonchev–Trinajstić information content (AvgIpc) is 2.94. The summed E-state index contributed by atoms with van der Waals surface area (Å²) in [5.74, 6) is -0.0262. The zero-order valence-corrected chi connectivity index (χ0v) is 14.7. The minimum Gasteiger partial charge on any atom is -0.430 e. The molecule has 1 saturated heterocycles. The first-order valence-electron chi connectivity index (χ1n) is 7.96. The first-order chi connectivity index (χ1) is 10.8. The summed E-state index contributed by atoms with van der Waals surface area (Å²) in [4.78, 5) is 10.7. The van der Waals surface area contributed by atoms with E-state index in [1.54, 1.807) is 14.2 Å². The van der Waals surface area contributed by atoms with Crippen LogP contribution in [-0.4, -0.2) is 61.7 Å². The largest absolute Gasteiger partial charge is 0.508 e. The summed E-state index contributed by atoms with van der Waals surface area (Å²) in [6.07, 6.45) is 6.44. The molecule has 0 saturated carbocycles. The molecule has 1 aliphatic rings. The van der Waals surface area contributed by atoms with Gasteiger partial charge in [-0.05, 0) is 6.42 Å². The highest BCUT2D eigenvalue weighted by atomic mass is 28.2. The second-order valence-electron chi connectivity index (χ2n) is 5.25. The maximum absolute atomic E-state index is 10.7. The van der Waals surface area contributed by atoms with E-state index in [0.717, 1.165) is 22.5 Å². The summed E-state index contributed by atoms with van der Waals surface area (Å²) in [5.41, 5.74) is 0. The van der Waals surface area contributed by atoms with Crippen molar-refractivity contribution in [2.75, 3.05) is 34.0 Å². The number of cyclic esters (lactones) is 2. The van der Waals surface area contributed by atoms with Crippen LogP contribution in [0.2, 0.25) is 6.04 Å². The highest BCUT2D eigenvalue weighted by Crippen LogP contribution is 2.09. The monoisotopic (exact) mass is 332 g/mol. The molecule has 6 nitrogen and oxygen atoms in total. The van der Waals surface area contributed by atoms with Crippen LogP contribution >= 0.6 is 0 Å². The van der Waals surface area contributed by atoms with Crippen molar-refractivity contribution >= 4 is 15.7 Å². The van der Waals surface area contributed by atoms with Gasteiger partial charge in [-0.15, -0.1) is 0 Å². The topological polar surface area (TPSA) is 63.2 Å². The quantitative estimate of drug-likeness (QED) is 0.211. The Balaban J connectivity index is 1.75. The fraction of sp³-hybridized carbons (Fsp3) is 0.933. The summed E-state index contributed by atoms with van der Waals surface area (Å²) < 4.78 is 25.4. The van der Waals surface area contributed by atoms with Gasteiger partial charge in [-0.25, -0.2) is 4.79 Å². The van der Waals surface area contributed by atoms with E-state index < -0.39 is 6.16 Å². The van der Waals surface area contributed by atoms with E-state index in [0.29, 0.717) is 13.2 Å². The molecule has 1 rings (SSSR count). The van der Waals surface area contributed by atoms with Crippen molar-refractivity contribution < 1.29 is 28.5 Å². The Kier molecular flexibility index (Phi) is 11.4. The van der Waals surface area contributed by atoms with Crippen LogP contribution in [0.4, 0.5) is 4.79 Å². The number of ether oxygens (including phenoxy) is 5. The van der Waals surface area contributed by atoms with Gasteiger partial charge in [-0.3, -0.25) is 0 Å². The molecule has 2 radical (unpaired) electrons. The van der Waals surface area contributed by atoms with Gasteiger partial charge in [-0.2, -0.15) is 0 Å². The van der Waals surface area contributed by atoms with Crippen molar-refractivity contribution in [3.8, 4) is 0 Å². The number of methoxy groups -OCH3 is 2. The van der Waals surface area contributed by atoms with Gasteiger partial charge in [0, 0.05) is 20.8 Å². The third-order valence-corrected chi connectivity index (χ3v) is 4.86. The number of hydrogen-bond donors (Lipinski definition) is 0. The molecule has 0 amide bonds. The molecule has 1 unspecified atom stereocenters. The molecular formula is C15H28O6Si. The Morgan fingerprint density at radius 1 is 1.14 bits per heavy atom. The van der Waals surface area contributed by atoms with Crippen LogP contribution in [0.1, 0.15) is 38.5 Å². The standard InChI is InChI=1S/C15H28O6Si/c1-17-15(18-2)22-10-8-6-4-3-5-7-9-19-11-13-12-20-14(16)21-13/h13,15H,3-12H2,1-2H3. The van der Waals surface area contributed by atoms with Crippen LogP contribution < -0.4 is 0 Å². The number of hydrogen-bond acceptors (Lipinski definition) is 6. The van der Waals surface area contributed by atoms with Crippen molar-refractivity contribution in [2.45, 2.75) is 56.6 Å². The molecule has 0 aromatic heterocycles. The fourth-order valence-corrected chi connectivity index (χ4v) is 3.20. The van der Waals surface area contributed by atoms with E-state index in [-0.39, 0.29) is 12.0 Å². The summed E-state index contributed by atoms with van der Waals surface area (Å²) >= 11 is 0. The first kappa shape index (κ1) is 19.4. The summed E-state index contributed by atoms with van der Waals surface area (Å²) in [7, 11) is 4.10. The lowest BCUT2D eigenvalue weighted by Crippen LogP contribution is -2.20. The number of carbonyl (C=O) groups is 1. The van der Waals surface area contributed by atoms with Crippen LogP contribution in [0.15, 0.2) is 0 Å². The van der Waals surface area contributed by atoms with Gasteiger partial charge in [0.15, 0.2) is 6.10 Å². The van der Waals surface area contributed by atoms with Gasteiger partial charge in [0.2, 0.25) is 0 Å². The maximum Gasteiger partial charge on any atom is 0.508 e. The Hall–Kier alpha value is -0.633. The summed E-state index contributed by atoms with van der Waals surface area (Å²) in [6.45, 7) is 1.47. The molecular weight excluding hydrogens is 304 g/mol. The molecule has 0 aliphatic carbocycles. The second-order valence-corrected chi connectivity index (χ2v) is 6.63. The van der Waals surface area contributed by atoms with Gasteiger partial charge >= 0.3 is 6.16 Å². The Bertz CT molecular complexity index is 285. The van der Waals surface area contributed by atoms with Gasteiger partial charge in [0.1, 0.15) is 22.0 Å². The van der Waals surface area contributed by atoms with Crippen LogP contribution in [0.3, 0.4) is 0 Å². The van der Waals surface area contributed by atoms with E-state index >= 15 is 0 Å². The van der Waals surface area contributed by atoms with Crippen molar-refractivity contribution in [1.82, 2.24) is 0 Å². The highest BCUT2D eigenvalue weighted by molar-refractivity contribution is 6.36. The lowest BCUT2D eigenvalue weighted by Gasteiger charge is -2.11. The number of rotatable bonds is 14. The predicted molar refractivity (Wildman–Crippen MR) is 83.1 cm³/mol. The molecule has 128 valence electrons. The third-order valence-electron chi connectivity index (χ3n) is 3.41. The van der Waals surface area contributed by atoms with Crippen LogP contribution in [0.25, 0.3) is 0 Å². The van der Waals surface area contributed by atoms with Crippen LogP contribution in [0.5, 0.6) is 0 Å². The van der Waals surface area contributed by atoms with E-state index in [1.807, 2.05) is 0 Å². The van der Waals surface area contributed by atoms with Crippen molar-refractivity contribution in [2.24, 2.45) is 0 Å². The molecule has 0 aromatic rings. The minimum absolute atomic E-state index is 0.0262. The molecule has 0 aromatic carbocycles. The third kappa shape index (κ3) is 9.40. The zero-order valence-electron chi connectivity index (χ0n) is 13.7. The van der Waals surface area contributed by atoms with Crippen molar-refractivity contribution in [3.63, 3.8) is 0 Å². The van der Waals surface area contributed by atoms with Crippen LogP contribution in [0, 0.1) is 0 Å². The molecule has 1 heterocycles. The Morgan fingerprint density at radius 2 is 1.82 bits per heavy atom. The normalized spacial score (nSPS) is 17.8. The Morgan fingerprint density at radius 3 is 2.45 bits per heavy atom. The van der Waals surface area contributed by atoms with Gasteiger partial charge in [0.05, 0.1) is 6.61 Å². The van der Waals surface area contributed by atoms with Gasteiger partial charge in [0.25, 0.3) is 0 Å². The van der Waals surface area contributed by atoms with Gasteiger partial charge in [-0.1, -0.05) is 38.1 Å². The fourth-order valence-electron chi connectivity index (χ4n) is 2.18. The second kappa shape index (κ2) is 12.9. The minimum atomic E-state index is -0.587. The zero-order chi connectivity index (χ0) is 16.0. The lowest BCUT2D eigenvalue weighted by molar-refractivity contribution is -0.0441. The molecule has 0 N–H and O–H groups in total. The van der Waals surface area contributed by atoms with Gasteiger partial charge < -0.3 is 23.7 Å². The molecule has 1 fully saturated rings. The predicted octanol–water partition coefficient (Wildman–Crippen LogP) is 2.58. The average molecular weight is 332 g/mol. The molecule has 0 bridgehead atoms. The van der Waals surface area contributed by atoms with E-state index in [1.165, 1.54) is 38.1 Å². The SMILES string of the molecule is COC(OC)[Si]CCCCCCCCOCC1COC(=O)O1. The van der Waals surface area contributed by atoms with Crippen molar-refractivity contribution in [1.29, 1.82) is 0 Å². The number of unbranched alkanes of at least 4 members (excludes halogenated alkanes) is 5. The Labute approximate surface area is 135 Å². The lowest BCUT2D eigenvalue weighted by atomic mass is 10.1. The van der Waals surface area contributed by atoms with E-state index in [9.17, 15) is 4.79 Å². The van der Waals surface area contributed by atoms with Crippen molar-refractivity contribution in [3.05, 3.63) is 0 Å². The summed E-state index contributed by atoms with van der Waals surface area (Å²) in [5, 5.41) is 0. The maximum atomic E-state index is 10.7. The first-order valence-corrected chi connectivity index (χ1v) is 9.25. The smallest absolute Gasteiger partial charge is 0.430 e. The van der Waals surface area contributed by atoms with E-state index in [2.05, 4.69) is 4.74 Å². The highest BCUT2D eigenvalue weighted by Gasteiger charge is 2.24. The number of carbonyl (C=O) groups excluding carboxylic acids is 1. The van der Waals surface area contributed by atoms with Crippen LogP contribution in [-0.2, 0) is 23.7 Å². The molecule has 1 aliphatic heterocycles. The van der Waals surface area contributed by atoms with E-state index in [4.69, 9.17) is 18.9 Å².